The quantitative estimate of drug-likeness (QED) is 0.846. The van der Waals surface area contributed by atoms with Gasteiger partial charge in [-0.15, -0.1) is 11.3 Å². The number of likely N-dealkylation sites (N-methyl/N-ethyl adjacent to an activating group) is 1. The average molecular weight is 374 g/mol. The van der Waals surface area contributed by atoms with Gasteiger partial charge in [-0.1, -0.05) is 18.2 Å². The van der Waals surface area contributed by atoms with Crippen molar-refractivity contribution in [1.82, 2.24) is 15.1 Å². The SMILES string of the molecule is COc1ccccc1C(=O)N[C@H](C)[C@@H](c1cccs1)N1CCN(C)CC1. The zero-order chi connectivity index (χ0) is 18.5. The molecule has 1 N–H and O–H groups in total. The van der Waals surface area contributed by atoms with Crippen LogP contribution in [0.5, 0.6) is 5.75 Å². The molecule has 6 heteroatoms. The molecule has 3 rings (SSSR count). The largest absolute Gasteiger partial charge is 0.496 e. The number of para-hydroxylation sites is 1. The van der Waals surface area contributed by atoms with Gasteiger partial charge in [0.2, 0.25) is 0 Å². The number of nitrogens with zero attached hydrogens (tertiary/aromatic N) is 2. The van der Waals surface area contributed by atoms with E-state index in [0.29, 0.717) is 11.3 Å². The summed E-state index contributed by atoms with van der Waals surface area (Å²) >= 11 is 1.75. The summed E-state index contributed by atoms with van der Waals surface area (Å²) in [5.41, 5.74) is 0.574. The topological polar surface area (TPSA) is 44.8 Å². The Bertz CT molecular complexity index is 712. The van der Waals surface area contributed by atoms with Crippen LogP contribution in [0.1, 0.15) is 28.2 Å². The Kier molecular flexibility index (Phi) is 6.29. The summed E-state index contributed by atoms with van der Waals surface area (Å²) in [5, 5.41) is 5.30. The highest BCUT2D eigenvalue weighted by Gasteiger charge is 2.30. The van der Waals surface area contributed by atoms with Gasteiger partial charge in [0.25, 0.3) is 5.91 Å². The molecule has 26 heavy (non-hydrogen) atoms. The second-order valence-electron chi connectivity index (χ2n) is 6.76. The third-order valence-electron chi connectivity index (χ3n) is 4.95. The summed E-state index contributed by atoms with van der Waals surface area (Å²) < 4.78 is 5.33. The maximum atomic E-state index is 12.8. The van der Waals surface area contributed by atoms with Crippen molar-refractivity contribution in [3.05, 3.63) is 52.2 Å². The summed E-state index contributed by atoms with van der Waals surface area (Å²) in [5.74, 6) is 0.509. The summed E-state index contributed by atoms with van der Waals surface area (Å²) in [7, 11) is 3.75. The molecule has 0 bridgehead atoms. The monoisotopic (exact) mass is 373 g/mol. The number of piperazine rings is 1. The summed E-state index contributed by atoms with van der Waals surface area (Å²) in [4.78, 5) is 19.0. The fourth-order valence-corrected chi connectivity index (χ4v) is 4.46. The standard InChI is InChI=1S/C20H27N3O2S/c1-15(21-20(24)16-7-4-5-8-17(16)25-3)19(18-9-6-14-26-18)23-12-10-22(2)11-13-23/h4-9,14-15,19H,10-13H2,1-3H3,(H,21,24)/t15-,19+/m1/s1. The molecule has 2 aromatic rings. The molecule has 2 heterocycles. The van der Waals surface area contributed by atoms with Crippen molar-refractivity contribution >= 4 is 17.2 Å². The smallest absolute Gasteiger partial charge is 0.255 e. The highest BCUT2D eigenvalue weighted by Crippen LogP contribution is 2.29. The Morgan fingerprint density at radius 1 is 1.15 bits per heavy atom. The van der Waals surface area contributed by atoms with E-state index in [4.69, 9.17) is 4.74 Å². The van der Waals surface area contributed by atoms with Crippen LogP contribution in [0, 0.1) is 0 Å². The van der Waals surface area contributed by atoms with E-state index in [9.17, 15) is 4.79 Å². The molecule has 0 unspecified atom stereocenters. The number of ether oxygens (including phenoxy) is 1. The van der Waals surface area contributed by atoms with Gasteiger partial charge in [-0.3, -0.25) is 9.69 Å². The van der Waals surface area contributed by atoms with E-state index < -0.39 is 0 Å². The number of methoxy groups -OCH3 is 1. The van der Waals surface area contributed by atoms with Gasteiger partial charge in [0.05, 0.1) is 18.7 Å². The van der Waals surface area contributed by atoms with Gasteiger partial charge in [0, 0.05) is 37.1 Å². The minimum Gasteiger partial charge on any atom is -0.496 e. The minimum absolute atomic E-state index is 0.00512. The lowest BCUT2D eigenvalue weighted by molar-refractivity contribution is 0.0797. The van der Waals surface area contributed by atoms with Crippen LogP contribution in [0.3, 0.4) is 0 Å². The van der Waals surface area contributed by atoms with Gasteiger partial charge in [-0.05, 0) is 37.6 Å². The lowest BCUT2D eigenvalue weighted by Gasteiger charge is -2.40. The van der Waals surface area contributed by atoms with Gasteiger partial charge in [0.1, 0.15) is 5.75 Å². The number of nitrogens with one attached hydrogen (secondary N) is 1. The normalized spacial score (nSPS) is 18.3. The Labute approximate surface area is 159 Å². The van der Waals surface area contributed by atoms with Crippen molar-refractivity contribution in [1.29, 1.82) is 0 Å². The van der Waals surface area contributed by atoms with Gasteiger partial charge in [-0.2, -0.15) is 0 Å². The third-order valence-corrected chi connectivity index (χ3v) is 5.89. The Morgan fingerprint density at radius 3 is 2.54 bits per heavy atom. The molecule has 1 aliphatic rings. The first kappa shape index (κ1) is 18.9. The third kappa shape index (κ3) is 4.26. The molecule has 1 amide bonds. The first-order valence-corrected chi connectivity index (χ1v) is 9.88. The Balaban J connectivity index is 1.77. The molecule has 5 nitrogen and oxygen atoms in total. The molecule has 1 aliphatic heterocycles. The van der Waals surface area contributed by atoms with Crippen molar-refractivity contribution in [2.45, 2.75) is 19.0 Å². The van der Waals surface area contributed by atoms with Crippen LogP contribution < -0.4 is 10.1 Å². The Hall–Kier alpha value is -1.89. The van der Waals surface area contributed by atoms with Crippen LogP contribution >= 0.6 is 11.3 Å². The second-order valence-corrected chi connectivity index (χ2v) is 7.74. The van der Waals surface area contributed by atoms with Gasteiger partial charge >= 0.3 is 0 Å². The number of benzene rings is 1. The van der Waals surface area contributed by atoms with Crippen molar-refractivity contribution in [2.24, 2.45) is 0 Å². The molecule has 140 valence electrons. The van der Waals surface area contributed by atoms with E-state index in [-0.39, 0.29) is 18.0 Å². The fraction of sp³-hybridized carbons (Fsp3) is 0.450. The van der Waals surface area contributed by atoms with Crippen LogP contribution in [0.25, 0.3) is 0 Å². The van der Waals surface area contributed by atoms with Crippen molar-refractivity contribution in [3.63, 3.8) is 0 Å². The van der Waals surface area contributed by atoms with Crippen LogP contribution in [-0.4, -0.2) is 62.1 Å². The number of hydrogen-bond acceptors (Lipinski definition) is 5. The lowest BCUT2D eigenvalue weighted by Crippen LogP contribution is -2.51. The van der Waals surface area contributed by atoms with Gasteiger partial charge in [-0.25, -0.2) is 0 Å². The summed E-state index contributed by atoms with van der Waals surface area (Å²) in [6, 6.07) is 11.8. The highest BCUT2D eigenvalue weighted by atomic mass is 32.1. The summed E-state index contributed by atoms with van der Waals surface area (Å²) in [6.07, 6.45) is 0. The Morgan fingerprint density at radius 2 is 1.88 bits per heavy atom. The van der Waals surface area contributed by atoms with E-state index >= 15 is 0 Å². The molecule has 0 saturated carbocycles. The number of amides is 1. The van der Waals surface area contributed by atoms with Gasteiger partial charge in [0.15, 0.2) is 0 Å². The van der Waals surface area contributed by atoms with E-state index in [1.54, 1.807) is 24.5 Å². The maximum Gasteiger partial charge on any atom is 0.255 e. The van der Waals surface area contributed by atoms with E-state index in [0.717, 1.165) is 26.2 Å². The lowest BCUT2D eigenvalue weighted by atomic mass is 10.0. The maximum absolute atomic E-state index is 12.8. The molecular formula is C20H27N3O2S. The predicted octanol–water partition coefficient (Wildman–Crippen LogP) is 2.86. The van der Waals surface area contributed by atoms with Crippen molar-refractivity contribution in [2.75, 3.05) is 40.3 Å². The zero-order valence-electron chi connectivity index (χ0n) is 15.6. The zero-order valence-corrected chi connectivity index (χ0v) is 16.5. The molecule has 1 aromatic carbocycles. The van der Waals surface area contributed by atoms with Crippen molar-refractivity contribution < 1.29 is 9.53 Å². The molecule has 0 spiro atoms. The minimum atomic E-state index is -0.0920. The number of rotatable bonds is 6. The van der Waals surface area contributed by atoms with Crippen LogP contribution in [0.2, 0.25) is 0 Å². The van der Waals surface area contributed by atoms with Crippen molar-refractivity contribution in [3.8, 4) is 5.75 Å². The molecule has 2 atom stereocenters. The summed E-state index contributed by atoms with van der Waals surface area (Å²) in [6.45, 7) is 6.21. The first-order chi connectivity index (χ1) is 12.6. The number of thiophene rings is 1. The van der Waals surface area contributed by atoms with E-state index in [1.807, 2.05) is 18.2 Å². The van der Waals surface area contributed by atoms with E-state index in [1.165, 1.54) is 4.88 Å². The van der Waals surface area contributed by atoms with Crippen LogP contribution in [0.4, 0.5) is 0 Å². The predicted molar refractivity (Wildman–Crippen MR) is 106 cm³/mol. The molecule has 0 radical (unpaired) electrons. The van der Waals surface area contributed by atoms with Gasteiger partial charge < -0.3 is 15.0 Å². The molecular weight excluding hydrogens is 346 g/mol. The molecule has 1 fully saturated rings. The number of carbonyl (C=O) groups excluding carboxylic acids is 1. The second kappa shape index (κ2) is 8.66. The number of carbonyl (C=O) groups is 1. The van der Waals surface area contributed by atoms with E-state index in [2.05, 4.69) is 46.6 Å². The molecule has 1 saturated heterocycles. The fourth-order valence-electron chi connectivity index (χ4n) is 3.50. The van der Waals surface area contributed by atoms with Crippen LogP contribution in [0.15, 0.2) is 41.8 Å². The first-order valence-electron chi connectivity index (χ1n) is 9.00. The average Bonchev–Trinajstić information content (AvgIpc) is 3.17. The van der Waals surface area contributed by atoms with Crippen LogP contribution in [-0.2, 0) is 0 Å². The molecule has 0 aliphatic carbocycles. The number of hydrogen-bond donors (Lipinski definition) is 1. The highest BCUT2D eigenvalue weighted by molar-refractivity contribution is 7.10. The molecule has 1 aromatic heterocycles.